The van der Waals surface area contributed by atoms with Gasteiger partial charge in [0.1, 0.15) is 59.7 Å². The van der Waals surface area contributed by atoms with E-state index in [0.717, 1.165) is 17.0 Å². The minimum Gasteiger partial charge on any atom is -0.497 e. The zero-order chi connectivity index (χ0) is 43.4. The number of carbonyl (C=O) groups is 7. The number of cyclic esters (lactones) is 1. The molecule has 2 aromatic carbocycles. The zero-order valence-corrected chi connectivity index (χ0v) is 33.8. The van der Waals surface area contributed by atoms with E-state index in [9.17, 15) is 47.4 Å². The van der Waals surface area contributed by atoms with Crippen molar-refractivity contribution in [1.29, 1.82) is 0 Å². The fourth-order valence-corrected chi connectivity index (χ4v) is 8.40. The van der Waals surface area contributed by atoms with Gasteiger partial charge in [0.05, 0.1) is 13.2 Å². The van der Waals surface area contributed by atoms with Gasteiger partial charge in [0, 0.05) is 44.2 Å². The highest BCUT2D eigenvalue weighted by molar-refractivity contribution is 5.99. The minimum absolute atomic E-state index is 0.0241. The van der Waals surface area contributed by atoms with Gasteiger partial charge in [-0.1, -0.05) is 6.92 Å². The third-order valence-corrected chi connectivity index (χ3v) is 11.4. The number of piperidine rings is 1. The molecule has 17 nitrogen and oxygen atoms in total. The number of benzene rings is 2. The summed E-state index contributed by atoms with van der Waals surface area (Å²) in [6.07, 6.45) is -1.67. The van der Waals surface area contributed by atoms with Crippen LogP contribution in [0.3, 0.4) is 0 Å². The number of ether oxygens (including phenoxy) is 2. The third-order valence-electron chi connectivity index (χ3n) is 11.4. The highest BCUT2D eigenvalue weighted by atomic mass is 19.1. The smallest absolute Gasteiger partial charge is 0.329 e. The molecule has 9 atom stereocenters. The monoisotopic (exact) mass is 839 g/mol. The highest BCUT2D eigenvalue weighted by Gasteiger charge is 2.49. The molecule has 4 aliphatic heterocycles. The normalized spacial score (nSPS) is 28.2. The number of aliphatic hydroxyl groups excluding tert-OH is 1. The Labute approximate surface area is 345 Å². The molecule has 19 heteroatoms. The van der Waals surface area contributed by atoms with E-state index in [0.29, 0.717) is 30.3 Å². The lowest BCUT2D eigenvalue weighted by Crippen LogP contribution is -2.63. The Morgan fingerprint density at radius 1 is 0.883 bits per heavy atom. The number of esters is 1. The Morgan fingerprint density at radius 2 is 1.57 bits per heavy atom. The number of anilines is 1. The number of aliphatic hydroxyl groups is 1. The van der Waals surface area contributed by atoms with Gasteiger partial charge in [0.2, 0.25) is 29.5 Å². The molecule has 60 heavy (non-hydrogen) atoms. The fraction of sp³-hybridized carbons (Fsp3) is 0.537. The lowest BCUT2D eigenvalue weighted by atomic mass is 9.98. The first kappa shape index (κ1) is 43.7. The van der Waals surface area contributed by atoms with Crippen molar-refractivity contribution in [3.05, 3.63) is 59.7 Å². The second-order valence-electron chi connectivity index (χ2n) is 16.0. The van der Waals surface area contributed by atoms with Crippen molar-refractivity contribution in [3.8, 4) is 5.75 Å². The van der Waals surface area contributed by atoms with E-state index in [4.69, 9.17) is 9.47 Å². The molecule has 4 fully saturated rings. The second kappa shape index (κ2) is 18.6. The first-order chi connectivity index (χ1) is 28.5. The van der Waals surface area contributed by atoms with Crippen molar-refractivity contribution in [2.24, 2.45) is 5.92 Å². The SMILES string of the molecule is COc1ccc(NC(=O)N[C@@H](Cc2cc(F)cc(F)c2)C(=O)N[C@@H]2C(=O)N3C[C@H](O)C[C@H]3C(=O)N3CCCC[C@H]3C(=O)N[C@@H](C)C(=O)N3C[C@H](C)CC3C(=O)O[C@H]2C)cc1. The molecular weight excluding hydrogens is 788 g/mol. The Kier molecular flexibility index (Phi) is 13.6. The maximum Gasteiger partial charge on any atom is 0.329 e. The van der Waals surface area contributed by atoms with Crippen LogP contribution in [0.15, 0.2) is 42.5 Å². The molecule has 0 bridgehead atoms. The van der Waals surface area contributed by atoms with E-state index in [2.05, 4.69) is 21.3 Å². The van der Waals surface area contributed by atoms with Crippen LogP contribution in [0, 0.1) is 17.6 Å². The molecule has 1 unspecified atom stereocenters. The van der Waals surface area contributed by atoms with Crippen LogP contribution in [0.4, 0.5) is 19.3 Å². The highest BCUT2D eigenvalue weighted by Crippen LogP contribution is 2.29. The van der Waals surface area contributed by atoms with Gasteiger partial charge in [-0.2, -0.15) is 0 Å². The summed E-state index contributed by atoms with van der Waals surface area (Å²) >= 11 is 0. The molecule has 4 saturated heterocycles. The molecular formula is C41H51F2N7O10. The van der Waals surface area contributed by atoms with E-state index in [1.54, 1.807) is 12.1 Å². The maximum absolute atomic E-state index is 14.7. The van der Waals surface area contributed by atoms with E-state index in [1.165, 1.54) is 42.9 Å². The molecule has 6 rings (SSSR count). The average molecular weight is 840 g/mol. The van der Waals surface area contributed by atoms with Crippen molar-refractivity contribution >= 4 is 47.2 Å². The van der Waals surface area contributed by atoms with Crippen molar-refractivity contribution < 1.29 is 56.9 Å². The Morgan fingerprint density at radius 3 is 2.25 bits per heavy atom. The van der Waals surface area contributed by atoms with Gasteiger partial charge in [-0.15, -0.1) is 0 Å². The fourth-order valence-electron chi connectivity index (χ4n) is 8.40. The summed E-state index contributed by atoms with van der Waals surface area (Å²) in [5.74, 6) is -6.14. The summed E-state index contributed by atoms with van der Waals surface area (Å²) < 4.78 is 39.7. The molecule has 2 aromatic rings. The number of rotatable bonds is 7. The van der Waals surface area contributed by atoms with Crippen LogP contribution in [-0.2, 0) is 39.9 Å². The number of urea groups is 1. The molecule has 324 valence electrons. The summed E-state index contributed by atoms with van der Waals surface area (Å²) in [6, 6.07) is 0.0960. The molecule has 7 amide bonds. The zero-order valence-electron chi connectivity index (χ0n) is 33.8. The minimum atomic E-state index is -1.75. The number of amides is 7. The van der Waals surface area contributed by atoms with Crippen molar-refractivity contribution in [2.45, 2.75) is 108 Å². The van der Waals surface area contributed by atoms with Crippen molar-refractivity contribution in [3.63, 3.8) is 0 Å². The first-order valence-electron chi connectivity index (χ1n) is 20.1. The van der Waals surface area contributed by atoms with E-state index in [-0.39, 0.29) is 50.4 Å². The van der Waals surface area contributed by atoms with Crippen LogP contribution in [0.25, 0.3) is 0 Å². The van der Waals surface area contributed by atoms with Gasteiger partial charge in [0.25, 0.3) is 0 Å². The summed E-state index contributed by atoms with van der Waals surface area (Å²) in [5, 5.41) is 21.2. The summed E-state index contributed by atoms with van der Waals surface area (Å²) in [7, 11) is 1.46. The van der Waals surface area contributed by atoms with Crippen LogP contribution in [0.1, 0.15) is 58.4 Å². The van der Waals surface area contributed by atoms with Crippen LogP contribution < -0.4 is 26.0 Å². The number of hydrogen-bond donors (Lipinski definition) is 5. The van der Waals surface area contributed by atoms with E-state index < -0.39 is 108 Å². The number of methoxy groups -OCH3 is 1. The maximum atomic E-state index is 14.7. The molecule has 4 heterocycles. The van der Waals surface area contributed by atoms with Gasteiger partial charge < -0.3 is 50.5 Å². The standard InChI is InChI=1S/C41H51F2N7O10/c1-21-13-33-40(57)60-23(3)34(47-35(52)30(16-24-14-25(42)17-26(43)15-24)46-41(58)45-27-8-10-29(59-4)11-9-27)39(56)50-20-28(51)18-32(50)38(55)48-12-6-5-7-31(48)36(53)44-22(2)37(54)49(33)19-21/h8-11,14-15,17,21-23,28,30-34,51H,5-7,12-13,16,18-20H2,1-4H3,(H,44,53)(H,47,52)(H2,45,46,58)/t21-,22+,23+,28-,30+,31+,32+,33?,34+/m1/s1. The van der Waals surface area contributed by atoms with Gasteiger partial charge in [-0.3, -0.25) is 24.0 Å². The van der Waals surface area contributed by atoms with Crippen LogP contribution >= 0.6 is 0 Å². The molecule has 0 spiro atoms. The number of halogens is 2. The van der Waals surface area contributed by atoms with Crippen LogP contribution in [0.5, 0.6) is 5.75 Å². The molecule has 0 aliphatic carbocycles. The van der Waals surface area contributed by atoms with Crippen LogP contribution in [0.2, 0.25) is 0 Å². The lowest BCUT2D eigenvalue weighted by Gasteiger charge is -2.39. The molecule has 5 N–H and O–H groups in total. The Hall–Kier alpha value is -5.85. The Balaban J connectivity index is 1.35. The van der Waals surface area contributed by atoms with Gasteiger partial charge in [0.15, 0.2) is 0 Å². The van der Waals surface area contributed by atoms with Crippen molar-refractivity contribution in [1.82, 2.24) is 30.7 Å². The quantitative estimate of drug-likeness (QED) is 0.252. The van der Waals surface area contributed by atoms with E-state index >= 15 is 0 Å². The summed E-state index contributed by atoms with van der Waals surface area (Å²) in [6.45, 7) is 4.65. The lowest BCUT2D eigenvalue weighted by molar-refractivity contribution is -0.163. The first-order valence-corrected chi connectivity index (χ1v) is 20.1. The molecule has 4 aliphatic rings. The predicted molar refractivity (Wildman–Crippen MR) is 209 cm³/mol. The van der Waals surface area contributed by atoms with Crippen molar-refractivity contribution in [2.75, 3.05) is 32.1 Å². The second-order valence-corrected chi connectivity index (χ2v) is 16.0. The van der Waals surface area contributed by atoms with Gasteiger partial charge >= 0.3 is 12.0 Å². The number of hydrogen-bond acceptors (Lipinski definition) is 10. The topological polar surface area (TPSA) is 216 Å². The largest absolute Gasteiger partial charge is 0.497 e. The summed E-state index contributed by atoms with van der Waals surface area (Å²) in [5.41, 5.74) is 0.279. The predicted octanol–water partition coefficient (Wildman–Crippen LogP) is 1.22. The molecule has 0 saturated carbocycles. The third kappa shape index (κ3) is 9.94. The summed E-state index contributed by atoms with van der Waals surface area (Å²) in [4.78, 5) is 102. The van der Waals surface area contributed by atoms with Crippen LogP contribution in [-0.4, -0.2) is 137 Å². The average Bonchev–Trinajstić information content (AvgIpc) is 3.80. The molecule has 0 radical (unpaired) electrons. The number of carbonyl (C=O) groups excluding carboxylic acids is 7. The molecule has 0 aromatic heterocycles. The number of nitrogens with zero attached hydrogens (tertiary/aromatic N) is 3. The number of fused-ring (bicyclic) bond motifs is 3. The van der Waals surface area contributed by atoms with E-state index in [1.807, 2.05) is 6.92 Å². The Bertz CT molecular complexity index is 1970. The number of nitrogens with one attached hydrogen (secondary N) is 4. The van der Waals surface area contributed by atoms with Gasteiger partial charge in [-0.25, -0.2) is 18.4 Å². The van der Waals surface area contributed by atoms with Gasteiger partial charge in [-0.05, 0) is 87.4 Å².